The average Bonchev–Trinajstić information content (AvgIpc) is 3.76. The monoisotopic (exact) mass is 686 g/mol. The van der Waals surface area contributed by atoms with Gasteiger partial charge in [-0.3, -0.25) is 14.5 Å². The molecule has 4 heterocycles. The van der Waals surface area contributed by atoms with Crippen molar-refractivity contribution in [2.24, 2.45) is 5.92 Å². The molecular formula is C38H50F4N4O3. The first-order valence-corrected chi connectivity index (χ1v) is 17.8. The number of benzene rings is 2. The number of hydrogen-bond acceptors (Lipinski definition) is 5. The molecule has 4 aliphatic rings. The zero-order valence-electron chi connectivity index (χ0n) is 29.2. The van der Waals surface area contributed by atoms with Crippen LogP contribution in [-0.2, 0) is 15.8 Å². The Morgan fingerprint density at radius 1 is 0.837 bits per heavy atom. The molecule has 0 bridgehead atoms. The number of ether oxygens (including phenoxy) is 1. The first-order chi connectivity index (χ1) is 23.2. The molecule has 0 spiro atoms. The molecule has 2 aromatic rings. The fourth-order valence-corrected chi connectivity index (χ4v) is 8.31. The number of carbonyl (C=O) groups is 2. The van der Waals surface area contributed by atoms with Crippen LogP contribution in [0.2, 0.25) is 0 Å². The van der Waals surface area contributed by atoms with E-state index in [2.05, 4.69) is 0 Å². The van der Waals surface area contributed by atoms with Crippen LogP contribution in [0.4, 0.5) is 23.2 Å². The normalized spacial score (nSPS) is 24.9. The molecule has 4 fully saturated rings. The first-order valence-electron chi connectivity index (χ1n) is 17.8. The van der Waals surface area contributed by atoms with Crippen molar-refractivity contribution in [2.75, 3.05) is 64.4 Å². The summed E-state index contributed by atoms with van der Waals surface area (Å²) >= 11 is 0. The van der Waals surface area contributed by atoms with Crippen molar-refractivity contribution in [1.29, 1.82) is 0 Å². The zero-order chi connectivity index (χ0) is 35.1. The third-order valence-corrected chi connectivity index (χ3v) is 11.4. The molecule has 2 aromatic carbocycles. The van der Waals surface area contributed by atoms with Crippen LogP contribution in [0.3, 0.4) is 0 Å². The number of methoxy groups -OCH3 is 1. The molecule has 2 atom stereocenters. The third-order valence-electron chi connectivity index (χ3n) is 11.4. The van der Waals surface area contributed by atoms with Crippen molar-refractivity contribution >= 4 is 17.5 Å². The molecule has 0 radical (unpaired) electrons. The molecule has 268 valence electrons. The highest BCUT2D eigenvalue weighted by Crippen LogP contribution is 2.45. The van der Waals surface area contributed by atoms with Crippen molar-refractivity contribution in [3.8, 4) is 5.75 Å². The Labute approximate surface area is 287 Å². The number of halogens is 4. The van der Waals surface area contributed by atoms with Gasteiger partial charge in [0.1, 0.15) is 5.75 Å². The third kappa shape index (κ3) is 7.28. The van der Waals surface area contributed by atoms with Gasteiger partial charge in [0.15, 0.2) is 0 Å². The van der Waals surface area contributed by atoms with E-state index in [0.717, 1.165) is 43.1 Å². The van der Waals surface area contributed by atoms with Crippen molar-refractivity contribution < 1.29 is 31.9 Å². The van der Waals surface area contributed by atoms with Gasteiger partial charge in [0.05, 0.1) is 12.7 Å². The molecule has 6 rings (SSSR count). The SMILES string of the molecule is COc1ccc([C@@H]2CN(C(C)(C)C)C[C@@]2(F)C(=O)N2CCC(c3ccc(C(F)(F)F)cc3N3CCC(C(=O)N4CCCC4)CC3)CC2)cc1. The Bertz CT molecular complexity index is 1490. The highest BCUT2D eigenvalue weighted by Gasteiger charge is 2.57. The van der Waals surface area contributed by atoms with Crippen LogP contribution in [0.5, 0.6) is 5.75 Å². The van der Waals surface area contributed by atoms with Crippen LogP contribution in [-0.4, -0.2) is 97.2 Å². The second kappa shape index (κ2) is 13.8. The van der Waals surface area contributed by atoms with Crippen molar-refractivity contribution in [3.63, 3.8) is 0 Å². The molecule has 0 aliphatic carbocycles. The number of likely N-dealkylation sites (tertiary alicyclic amines) is 3. The average molecular weight is 687 g/mol. The van der Waals surface area contributed by atoms with E-state index in [1.807, 2.05) is 47.6 Å². The van der Waals surface area contributed by atoms with E-state index in [4.69, 9.17) is 4.74 Å². The molecule has 0 N–H and O–H groups in total. The molecular weight excluding hydrogens is 636 g/mol. The Morgan fingerprint density at radius 2 is 1.47 bits per heavy atom. The Balaban J connectivity index is 1.18. The molecule has 0 saturated carbocycles. The molecule has 4 saturated heterocycles. The number of carbonyl (C=O) groups excluding carboxylic acids is 2. The van der Waals surface area contributed by atoms with Crippen LogP contribution in [0.15, 0.2) is 42.5 Å². The summed E-state index contributed by atoms with van der Waals surface area (Å²) in [5.74, 6) is -0.507. The van der Waals surface area contributed by atoms with Crippen LogP contribution in [0.1, 0.15) is 87.8 Å². The van der Waals surface area contributed by atoms with Crippen LogP contribution < -0.4 is 9.64 Å². The van der Waals surface area contributed by atoms with Crippen molar-refractivity contribution in [3.05, 3.63) is 59.2 Å². The lowest BCUT2D eigenvalue weighted by molar-refractivity contribution is -0.145. The second-order valence-electron chi connectivity index (χ2n) is 15.4. The first kappa shape index (κ1) is 35.5. The van der Waals surface area contributed by atoms with Gasteiger partial charge in [0.25, 0.3) is 5.91 Å². The van der Waals surface area contributed by atoms with E-state index in [-0.39, 0.29) is 29.8 Å². The number of rotatable bonds is 6. The molecule has 49 heavy (non-hydrogen) atoms. The summed E-state index contributed by atoms with van der Waals surface area (Å²) in [4.78, 5) is 34.8. The number of amides is 2. The maximum absolute atomic E-state index is 17.3. The maximum Gasteiger partial charge on any atom is 0.416 e. The Morgan fingerprint density at radius 3 is 2.04 bits per heavy atom. The highest BCUT2D eigenvalue weighted by molar-refractivity contribution is 5.87. The predicted molar refractivity (Wildman–Crippen MR) is 182 cm³/mol. The number of alkyl halides is 4. The highest BCUT2D eigenvalue weighted by atomic mass is 19.4. The second-order valence-corrected chi connectivity index (χ2v) is 15.4. The van der Waals surface area contributed by atoms with Gasteiger partial charge in [-0.1, -0.05) is 18.2 Å². The van der Waals surface area contributed by atoms with Crippen molar-refractivity contribution in [2.45, 2.75) is 88.5 Å². The smallest absolute Gasteiger partial charge is 0.416 e. The standard InChI is InChI=1S/C38H50F4N4O3/c1-36(2,3)46-24-32(27-7-10-30(49-4)11-8-27)37(39,25-46)35(48)45-21-13-26(14-22-45)31-12-9-29(38(40,41)42)23-33(31)43-19-15-28(16-20-43)34(47)44-17-5-6-18-44/h7-12,23,26,28,32H,5-6,13-22,24-25H2,1-4H3/t32-,37-/m0/s1. The summed E-state index contributed by atoms with van der Waals surface area (Å²) < 4.78 is 64.3. The molecule has 0 unspecified atom stereocenters. The minimum absolute atomic E-state index is 0.00870. The fraction of sp³-hybridized carbons (Fsp3) is 0.632. The van der Waals surface area contributed by atoms with Gasteiger partial charge in [-0.05, 0) is 101 Å². The molecule has 0 aromatic heterocycles. The summed E-state index contributed by atoms with van der Waals surface area (Å²) in [5, 5.41) is 0. The van der Waals surface area contributed by atoms with E-state index in [9.17, 15) is 22.8 Å². The number of anilines is 1. The minimum atomic E-state index is -4.48. The molecule has 4 aliphatic heterocycles. The van der Waals surface area contributed by atoms with E-state index in [1.165, 1.54) is 6.07 Å². The number of hydrogen-bond donors (Lipinski definition) is 0. The van der Waals surface area contributed by atoms with Crippen molar-refractivity contribution in [1.82, 2.24) is 14.7 Å². The molecule has 7 nitrogen and oxygen atoms in total. The van der Waals surface area contributed by atoms with E-state index in [0.29, 0.717) is 69.8 Å². The topological polar surface area (TPSA) is 56.3 Å². The van der Waals surface area contributed by atoms with Crippen LogP contribution >= 0.6 is 0 Å². The van der Waals surface area contributed by atoms with Crippen LogP contribution in [0, 0.1) is 5.92 Å². The van der Waals surface area contributed by atoms with Gasteiger partial charge < -0.3 is 19.4 Å². The largest absolute Gasteiger partial charge is 0.497 e. The summed E-state index contributed by atoms with van der Waals surface area (Å²) in [6, 6.07) is 11.3. The minimum Gasteiger partial charge on any atom is -0.497 e. The van der Waals surface area contributed by atoms with Gasteiger partial charge in [-0.2, -0.15) is 13.2 Å². The summed E-state index contributed by atoms with van der Waals surface area (Å²) in [6.45, 7) is 9.72. The van der Waals surface area contributed by atoms with Gasteiger partial charge in [-0.25, -0.2) is 4.39 Å². The van der Waals surface area contributed by atoms with Gasteiger partial charge in [0.2, 0.25) is 11.6 Å². The summed E-state index contributed by atoms with van der Waals surface area (Å²) in [5.41, 5.74) is -1.01. The van der Waals surface area contributed by atoms with Crippen LogP contribution in [0.25, 0.3) is 0 Å². The predicted octanol–water partition coefficient (Wildman–Crippen LogP) is 6.87. The van der Waals surface area contributed by atoms with E-state index >= 15 is 4.39 Å². The Kier molecular flexibility index (Phi) is 9.96. The lowest BCUT2D eigenvalue weighted by Gasteiger charge is -2.40. The van der Waals surface area contributed by atoms with E-state index in [1.54, 1.807) is 30.2 Å². The van der Waals surface area contributed by atoms with Gasteiger partial charge in [0, 0.05) is 75.4 Å². The lowest BCUT2D eigenvalue weighted by atomic mass is 9.83. The van der Waals surface area contributed by atoms with E-state index < -0.39 is 29.2 Å². The zero-order valence-corrected chi connectivity index (χ0v) is 29.2. The Hall–Kier alpha value is -3.34. The maximum atomic E-state index is 17.3. The van der Waals surface area contributed by atoms with Gasteiger partial charge >= 0.3 is 6.18 Å². The fourth-order valence-electron chi connectivity index (χ4n) is 8.31. The molecule has 2 amide bonds. The number of nitrogens with zero attached hydrogens (tertiary/aromatic N) is 4. The number of piperidine rings is 2. The quantitative estimate of drug-likeness (QED) is 0.311. The summed E-state index contributed by atoms with van der Waals surface area (Å²) in [7, 11) is 1.58. The van der Waals surface area contributed by atoms with Gasteiger partial charge in [-0.15, -0.1) is 0 Å². The molecule has 11 heteroatoms. The lowest BCUT2D eigenvalue weighted by Crippen LogP contribution is -2.53. The summed E-state index contributed by atoms with van der Waals surface area (Å²) in [6.07, 6.45) is -0.165.